The van der Waals surface area contributed by atoms with Gasteiger partial charge in [-0.05, 0) is 86.6 Å². The summed E-state index contributed by atoms with van der Waals surface area (Å²) in [4.78, 5) is 13.0. The maximum atomic E-state index is 13.3. The van der Waals surface area contributed by atoms with Crippen LogP contribution >= 0.6 is 0 Å². The number of hydrogen-bond donors (Lipinski definition) is 3. The molecule has 7 nitrogen and oxygen atoms in total. The van der Waals surface area contributed by atoms with Crippen molar-refractivity contribution in [3.63, 3.8) is 0 Å². The zero-order valence-electron chi connectivity index (χ0n) is 23.5. The van der Waals surface area contributed by atoms with Gasteiger partial charge in [-0.25, -0.2) is 17.5 Å². The van der Waals surface area contributed by atoms with E-state index in [0.29, 0.717) is 25.7 Å². The first-order chi connectivity index (χ1) is 19.6. The molecule has 9 heteroatoms. The van der Waals surface area contributed by atoms with Gasteiger partial charge in [-0.15, -0.1) is 0 Å². The van der Waals surface area contributed by atoms with E-state index in [1.54, 1.807) is 24.3 Å². The van der Waals surface area contributed by atoms with Crippen LogP contribution in [0, 0.1) is 18.7 Å². The molecule has 1 atom stereocenters. The lowest BCUT2D eigenvalue weighted by atomic mass is 9.85. The van der Waals surface area contributed by atoms with Gasteiger partial charge in [-0.3, -0.25) is 4.79 Å². The fourth-order valence-corrected chi connectivity index (χ4v) is 7.10. The largest absolute Gasteiger partial charge is 0.392 e. The van der Waals surface area contributed by atoms with E-state index >= 15 is 0 Å². The number of aromatic nitrogens is 1. The monoisotopic (exact) mass is 577 g/mol. The van der Waals surface area contributed by atoms with Gasteiger partial charge in [0, 0.05) is 41.2 Å². The number of nitrogens with one attached hydrogen (secondary N) is 2. The van der Waals surface area contributed by atoms with Gasteiger partial charge in [0.05, 0.1) is 17.5 Å². The van der Waals surface area contributed by atoms with Crippen LogP contribution in [0.2, 0.25) is 0 Å². The second kappa shape index (κ2) is 11.8. The Morgan fingerprint density at radius 2 is 1.73 bits per heavy atom. The minimum atomic E-state index is -3.76. The molecule has 41 heavy (non-hydrogen) atoms. The Bertz CT molecular complexity index is 1670. The standard InChI is InChI=1S/C32H36FN3O4S/c1-20-16-22(19-37)4-15-29(20)31-17-25-9-14-28(18-30(25)36(31)3)41(39,40)35-27-12-7-24(8-13-27)32(38)34-21(2)23-5-10-26(33)11-6-23/h4-6,9-11,14-18,21,24,27,35,37H,7-8,12-13,19H2,1-3H3,(H,34,38)/t21-,24-,27-/m1/s1. The van der Waals surface area contributed by atoms with Crippen LogP contribution < -0.4 is 10.0 Å². The van der Waals surface area contributed by atoms with Gasteiger partial charge in [0.2, 0.25) is 15.9 Å². The average molecular weight is 578 g/mol. The number of aliphatic hydroxyl groups excluding tert-OH is 1. The number of benzene rings is 3. The number of amides is 1. The highest BCUT2D eigenvalue weighted by molar-refractivity contribution is 7.89. The Hall–Kier alpha value is -3.53. The molecule has 0 saturated heterocycles. The summed E-state index contributed by atoms with van der Waals surface area (Å²) in [6.07, 6.45) is 2.32. The molecule has 4 aromatic rings. The molecule has 1 aromatic heterocycles. The summed E-state index contributed by atoms with van der Waals surface area (Å²) in [7, 11) is -1.84. The topological polar surface area (TPSA) is 100 Å². The summed E-state index contributed by atoms with van der Waals surface area (Å²) >= 11 is 0. The first kappa shape index (κ1) is 29.0. The second-order valence-corrected chi connectivity index (χ2v) is 12.8. The van der Waals surface area contributed by atoms with Crippen molar-refractivity contribution in [1.29, 1.82) is 0 Å². The molecule has 1 aliphatic carbocycles. The van der Waals surface area contributed by atoms with Crippen LogP contribution in [0.15, 0.2) is 71.6 Å². The Morgan fingerprint density at radius 1 is 1.02 bits per heavy atom. The molecule has 5 rings (SSSR count). The number of carbonyl (C=O) groups is 1. The molecule has 216 valence electrons. The molecule has 1 aliphatic rings. The number of hydrogen-bond acceptors (Lipinski definition) is 4. The highest BCUT2D eigenvalue weighted by Crippen LogP contribution is 2.32. The highest BCUT2D eigenvalue weighted by atomic mass is 32.2. The fraction of sp³-hybridized carbons (Fsp3) is 0.344. The number of aliphatic hydroxyl groups is 1. The molecule has 3 N–H and O–H groups in total. The molecule has 1 fully saturated rings. The zero-order chi connectivity index (χ0) is 29.3. The van der Waals surface area contributed by atoms with Crippen LogP contribution in [0.25, 0.3) is 22.2 Å². The smallest absolute Gasteiger partial charge is 0.240 e. The van der Waals surface area contributed by atoms with Gasteiger partial charge in [0.15, 0.2) is 0 Å². The van der Waals surface area contributed by atoms with E-state index in [-0.39, 0.29) is 41.2 Å². The number of nitrogens with zero attached hydrogens (tertiary/aromatic N) is 1. The lowest BCUT2D eigenvalue weighted by Crippen LogP contribution is -2.41. The number of sulfonamides is 1. The number of halogens is 1. The molecule has 1 amide bonds. The minimum absolute atomic E-state index is 0.0178. The van der Waals surface area contributed by atoms with E-state index in [9.17, 15) is 22.7 Å². The van der Waals surface area contributed by atoms with Crippen molar-refractivity contribution < 1.29 is 22.7 Å². The van der Waals surface area contributed by atoms with E-state index in [4.69, 9.17) is 0 Å². The van der Waals surface area contributed by atoms with Crippen molar-refractivity contribution >= 4 is 26.8 Å². The highest BCUT2D eigenvalue weighted by Gasteiger charge is 2.30. The SMILES string of the molecule is Cc1cc(CO)ccc1-c1cc2ccc(S(=O)(=O)N[C@H]3CC[C@H](C(=O)N[C@H](C)c4ccc(F)cc4)CC3)cc2n1C. The molecule has 1 heterocycles. The van der Waals surface area contributed by atoms with Crippen molar-refractivity contribution in [2.45, 2.75) is 63.1 Å². The first-order valence-corrected chi connectivity index (χ1v) is 15.4. The maximum Gasteiger partial charge on any atom is 0.240 e. The van der Waals surface area contributed by atoms with Gasteiger partial charge in [-0.1, -0.05) is 36.4 Å². The van der Waals surface area contributed by atoms with E-state index in [1.165, 1.54) is 12.1 Å². The maximum absolute atomic E-state index is 13.3. The quantitative estimate of drug-likeness (QED) is 0.258. The van der Waals surface area contributed by atoms with Gasteiger partial charge >= 0.3 is 0 Å². The number of aryl methyl sites for hydroxylation is 2. The molecular weight excluding hydrogens is 541 g/mol. The Labute approximate surface area is 240 Å². The van der Waals surface area contributed by atoms with Gasteiger partial charge in [0.1, 0.15) is 5.82 Å². The van der Waals surface area contributed by atoms with Crippen LogP contribution in [-0.2, 0) is 28.5 Å². The fourth-order valence-electron chi connectivity index (χ4n) is 5.77. The minimum Gasteiger partial charge on any atom is -0.392 e. The van der Waals surface area contributed by atoms with Gasteiger partial charge < -0.3 is 15.0 Å². The number of carbonyl (C=O) groups excluding carboxylic acids is 1. The zero-order valence-corrected chi connectivity index (χ0v) is 24.3. The van der Waals surface area contributed by atoms with Crippen LogP contribution in [-0.4, -0.2) is 30.0 Å². The van der Waals surface area contributed by atoms with Crippen molar-refractivity contribution in [3.8, 4) is 11.3 Å². The van der Waals surface area contributed by atoms with Crippen molar-refractivity contribution in [1.82, 2.24) is 14.6 Å². The molecule has 0 bridgehead atoms. The van der Waals surface area contributed by atoms with Crippen molar-refractivity contribution in [3.05, 3.63) is 89.2 Å². The third kappa shape index (κ3) is 6.22. The number of rotatable bonds is 8. The van der Waals surface area contributed by atoms with E-state index < -0.39 is 10.0 Å². The second-order valence-electron chi connectivity index (χ2n) is 11.1. The summed E-state index contributed by atoms with van der Waals surface area (Å²) in [6.45, 7) is 3.85. The molecule has 3 aromatic carbocycles. The van der Waals surface area contributed by atoms with Gasteiger partial charge in [0.25, 0.3) is 0 Å². The van der Waals surface area contributed by atoms with E-state index in [1.807, 2.05) is 55.8 Å². The van der Waals surface area contributed by atoms with Gasteiger partial charge in [-0.2, -0.15) is 0 Å². The molecule has 0 aliphatic heterocycles. The van der Waals surface area contributed by atoms with Crippen LogP contribution in [0.3, 0.4) is 0 Å². The molecular formula is C32H36FN3O4S. The summed E-state index contributed by atoms with van der Waals surface area (Å²) in [5.74, 6) is -0.567. The lowest BCUT2D eigenvalue weighted by Gasteiger charge is -2.29. The Morgan fingerprint density at radius 3 is 2.39 bits per heavy atom. The van der Waals surface area contributed by atoms with Crippen molar-refractivity contribution in [2.24, 2.45) is 13.0 Å². The summed E-state index contributed by atoms with van der Waals surface area (Å²) < 4.78 is 44.8. The predicted molar refractivity (Wildman–Crippen MR) is 158 cm³/mol. The van der Waals surface area contributed by atoms with E-state index in [0.717, 1.165) is 38.9 Å². The molecule has 0 unspecified atom stereocenters. The molecule has 1 saturated carbocycles. The van der Waals surface area contributed by atoms with E-state index in [2.05, 4.69) is 10.0 Å². The summed E-state index contributed by atoms with van der Waals surface area (Å²) in [5, 5.41) is 13.4. The van der Waals surface area contributed by atoms with Crippen LogP contribution in [0.4, 0.5) is 4.39 Å². The number of fused-ring (bicyclic) bond motifs is 1. The van der Waals surface area contributed by atoms with Crippen LogP contribution in [0.5, 0.6) is 0 Å². The summed E-state index contributed by atoms with van der Waals surface area (Å²) in [5.41, 5.74) is 5.51. The Balaban J connectivity index is 1.24. The summed E-state index contributed by atoms with van der Waals surface area (Å²) in [6, 6.07) is 18.6. The lowest BCUT2D eigenvalue weighted by molar-refractivity contribution is -0.126. The van der Waals surface area contributed by atoms with Crippen LogP contribution in [0.1, 0.15) is 55.3 Å². The normalized spacial score (nSPS) is 18.4. The third-order valence-corrected chi connectivity index (χ3v) is 9.74. The Kier molecular flexibility index (Phi) is 8.31. The molecule has 0 radical (unpaired) electrons. The molecule has 0 spiro atoms. The predicted octanol–water partition coefficient (Wildman–Crippen LogP) is 5.50. The third-order valence-electron chi connectivity index (χ3n) is 8.23. The first-order valence-electron chi connectivity index (χ1n) is 13.9. The average Bonchev–Trinajstić information content (AvgIpc) is 3.28. The van der Waals surface area contributed by atoms with Crippen molar-refractivity contribution in [2.75, 3.05) is 0 Å².